The fraction of sp³-hybridized carbons (Fsp3) is 0.778. The van der Waals surface area contributed by atoms with Crippen LogP contribution in [0.4, 0.5) is 10.6 Å². The summed E-state index contributed by atoms with van der Waals surface area (Å²) in [6, 6.07) is 1.88. The summed E-state index contributed by atoms with van der Waals surface area (Å²) < 4.78 is 18.8. The van der Waals surface area contributed by atoms with E-state index < -0.39 is 0 Å². The Morgan fingerprint density at radius 2 is 2.12 bits per heavy atom. The minimum Gasteiger partial charge on any atom is -0.381 e. The normalized spacial score (nSPS) is 26.0. The van der Waals surface area contributed by atoms with E-state index in [1.807, 2.05) is 18.0 Å². The van der Waals surface area contributed by atoms with E-state index in [1.54, 1.807) is 4.68 Å². The number of hydrogen-bond donors (Lipinski definition) is 1. The number of aryl methyl sites for hydroxylation is 1. The van der Waals surface area contributed by atoms with Crippen molar-refractivity contribution in [2.24, 2.45) is 7.05 Å². The molecule has 0 aliphatic carbocycles. The van der Waals surface area contributed by atoms with Gasteiger partial charge >= 0.3 is 6.03 Å². The van der Waals surface area contributed by atoms with E-state index in [2.05, 4.69) is 10.4 Å². The number of nitrogens with zero attached hydrogens (tertiary/aromatic N) is 3. The molecule has 1 spiro atoms. The molecule has 1 atom stereocenters. The zero-order valence-corrected chi connectivity index (χ0v) is 15.4. The largest absolute Gasteiger partial charge is 0.381 e. The van der Waals surface area contributed by atoms with Gasteiger partial charge < -0.3 is 19.1 Å². The van der Waals surface area contributed by atoms with Crippen molar-refractivity contribution < 1.29 is 19.0 Å². The molecule has 0 aromatic carbocycles. The maximum atomic E-state index is 12.8. The topological polar surface area (TPSA) is 77.9 Å². The molecule has 1 aromatic heterocycles. The Morgan fingerprint density at radius 3 is 2.88 bits per heavy atom. The highest BCUT2D eigenvalue weighted by atomic mass is 16.5. The first-order valence-corrected chi connectivity index (χ1v) is 9.55. The summed E-state index contributed by atoms with van der Waals surface area (Å²) in [4.78, 5) is 14.6. The summed E-state index contributed by atoms with van der Waals surface area (Å²) in [5.74, 6) is 1.04. The van der Waals surface area contributed by atoms with Crippen molar-refractivity contribution in [3.05, 3.63) is 11.8 Å². The van der Waals surface area contributed by atoms with Gasteiger partial charge in [0.15, 0.2) is 0 Å². The van der Waals surface area contributed by atoms with Crippen molar-refractivity contribution in [3.63, 3.8) is 0 Å². The monoisotopic (exact) mass is 364 g/mol. The third-order valence-corrected chi connectivity index (χ3v) is 5.65. The molecule has 8 nitrogen and oxygen atoms in total. The maximum Gasteiger partial charge on any atom is 0.323 e. The minimum atomic E-state index is -0.245. The predicted molar refractivity (Wildman–Crippen MR) is 95.3 cm³/mol. The van der Waals surface area contributed by atoms with Crippen LogP contribution < -0.4 is 5.32 Å². The second-order valence-corrected chi connectivity index (χ2v) is 7.49. The number of anilines is 1. The van der Waals surface area contributed by atoms with Gasteiger partial charge in [-0.05, 0) is 12.8 Å². The van der Waals surface area contributed by atoms with Gasteiger partial charge in [-0.3, -0.25) is 10.00 Å². The first-order valence-electron chi connectivity index (χ1n) is 9.55. The lowest BCUT2D eigenvalue weighted by Crippen LogP contribution is -2.56. The molecule has 144 valence electrons. The summed E-state index contributed by atoms with van der Waals surface area (Å²) in [7, 11) is 1.86. The summed E-state index contributed by atoms with van der Waals surface area (Å²) in [5, 5.41) is 7.60. The number of nitrogens with one attached hydrogen (secondary N) is 1. The van der Waals surface area contributed by atoms with E-state index in [0.717, 1.165) is 43.8 Å². The summed E-state index contributed by atoms with van der Waals surface area (Å²) in [6.45, 7) is 4.73. The highest BCUT2D eigenvalue weighted by molar-refractivity contribution is 5.88. The molecule has 26 heavy (non-hydrogen) atoms. The van der Waals surface area contributed by atoms with E-state index in [4.69, 9.17) is 14.2 Å². The molecule has 8 heteroatoms. The van der Waals surface area contributed by atoms with Crippen molar-refractivity contribution >= 4 is 11.8 Å². The molecule has 3 fully saturated rings. The Labute approximate surface area is 153 Å². The van der Waals surface area contributed by atoms with E-state index in [9.17, 15) is 4.79 Å². The van der Waals surface area contributed by atoms with Gasteiger partial charge in [-0.25, -0.2) is 4.79 Å². The van der Waals surface area contributed by atoms with Crippen molar-refractivity contribution in [2.75, 3.05) is 51.4 Å². The van der Waals surface area contributed by atoms with Crippen molar-refractivity contribution in [1.82, 2.24) is 14.7 Å². The highest BCUT2D eigenvalue weighted by Gasteiger charge is 2.39. The number of amides is 2. The average Bonchev–Trinajstić information content (AvgIpc) is 3.04. The number of morpholine rings is 1. The number of rotatable bonds is 2. The predicted octanol–water partition coefficient (Wildman–Crippen LogP) is 1.73. The Morgan fingerprint density at radius 1 is 1.27 bits per heavy atom. The van der Waals surface area contributed by atoms with Gasteiger partial charge in [0.25, 0.3) is 0 Å². The molecule has 4 rings (SSSR count). The minimum absolute atomic E-state index is 0.0892. The fourth-order valence-electron chi connectivity index (χ4n) is 4.03. The van der Waals surface area contributed by atoms with Crippen LogP contribution in [-0.4, -0.2) is 72.4 Å². The van der Waals surface area contributed by atoms with E-state index >= 15 is 0 Å². The van der Waals surface area contributed by atoms with Gasteiger partial charge in [0.1, 0.15) is 5.82 Å². The smallest absolute Gasteiger partial charge is 0.323 e. The Balaban J connectivity index is 1.40. The van der Waals surface area contributed by atoms with Crippen molar-refractivity contribution in [3.8, 4) is 0 Å². The Hall–Kier alpha value is -1.64. The van der Waals surface area contributed by atoms with Crippen molar-refractivity contribution in [1.29, 1.82) is 0 Å². The van der Waals surface area contributed by atoms with Gasteiger partial charge in [0.05, 0.1) is 31.1 Å². The lowest BCUT2D eigenvalue weighted by atomic mass is 9.92. The third kappa shape index (κ3) is 3.72. The SMILES string of the molecule is Cn1nc(C2CCCOC2)cc1NC(=O)N1CCOC2(CCOCC2)C1. The van der Waals surface area contributed by atoms with Gasteiger partial charge in [-0.15, -0.1) is 0 Å². The molecule has 0 saturated carbocycles. The fourth-order valence-corrected chi connectivity index (χ4v) is 4.03. The molecule has 0 bridgehead atoms. The van der Waals surface area contributed by atoms with Gasteiger partial charge in [-0.1, -0.05) is 0 Å². The number of ether oxygens (including phenoxy) is 3. The van der Waals surface area contributed by atoms with Crippen LogP contribution in [0.25, 0.3) is 0 Å². The molecule has 1 unspecified atom stereocenters. The second kappa shape index (κ2) is 7.54. The highest BCUT2D eigenvalue weighted by Crippen LogP contribution is 2.30. The van der Waals surface area contributed by atoms with E-state index in [1.165, 1.54) is 0 Å². The quantitative estimate of drug-likeness (QED) is 0.865. The average molecular weight is 364 g/mol. The number of carbonyl (C=O) groups is 1. The lowest BCUT2D eigenvalue weighted by molar-refractivity contribution is -0.144. The second-order valence-electron chi connectivity index (χ2n) is 7.49. The van der Waals surface area contributed by atoms with Crippen molar-refractivity contribution in [2.45, 2.75) is 37.2 Å². The summed E-state index contributed by atoms with van der Waals surface area (Å²) >= 11 is 0. The maximum absolute atomic E-state index is 12.8. The third-order valence-electron chi connectivity index (χ3n) is 5.65. The lowest BCUT2D eigenvalue weighted by Gasteiger charge is -2.44. The van der Waals surface area contributed by atoms with Gasteiger partial charge in [-0.2, -0.15) is 5.10 Å². The van der Waals surface area contributed by atoms with Crippen LogP contribution in [0.5, 0.6) is 0 Å². The molecular formula is C18H28N4O4. The molecule has 2 amide bonds. The number of hydrogen-bond acceptors (Lipinski definition) is 5. The first kappa shape index (κ1) is 17.8. The van der Waals surface area contributed by atoms with Crippen LogP contribution in [-0.2, 0) is 21.3 Å². The molecule has 3 saturated heterocycles. The Bertz CT molecular complexity index is 630. The van der Waals surface area contributed by atoms with Gasteiger partial charge in [0, 0.05) is 58.2 Å². The van der Waals surface area contributed by atoms with E-state index in [-0.39, 0.29) is 11.6 Å². The van der Waals surface area contributed by atoms with Crippen LogP contribution in [0.3, 0.4) is 0 Å². The molecule has 3 aliphatic rings. The molecule has 3 aliphatic heterocycles. The van der Waals surface area contributed by atoms with Crippen LogP contribution in [0.1, 0.15) is 37.3 Å². The molecule has 1 aromatic rings. The number of urea groups is 1. The molecule has 4 heterocycles. The van der Waals surface area contributed by atoms with Crippen LogP contribution in [0.2, 0.25) is 0 Å². The van der Waals surface area contributed by atoms with Crippen LogP contribution in [0.15, 0.2) is 6.07 Å². The molecule has 1 N–H and O–H groups in total. The standard InChI is InChI=1S/C18H28N4O4/c1-21-16(11-15(20-21)14-3-2-7-25-12-14)19-17(23)22-6-10-26-18(13-22)4-8-24-9-5-18/h11,14H,2-10,12-13H2,1H3,(H,19,23). The molecular weight excluding hydrogens is 336 g/mol. The number of aromatic nitrogens is 2. The summed E-state index contributed by atoms with van der Waals surface area (Å²) in [5.41, 5.74) is 0.746. The zero-order chi connectivity index (χ0) is 18.0. The Kier molecular flexibility index (Phi) is 5.15. The molecule has 0 radical (unpaired) electrons. The van der Waals surface area contributed by atoms with Crippen LogP contribution >= 0.6 is 0 Å². The van der Waals surface area contributed by atoms with Gasteiger partial charge in [0.2, 0.25) is 0 Å². The van der Waals surface area contributed by atoms with Crippen LogP contribution in [0, 0.1) is 0 Å². The zero-order valence-electron chi connectivity index (χ0n) is 15.4. The first-order chi connectivity index (χ1) is 12.7. The summed E-state index contributed by atoms with van der Waals surface area (Å²) in [6.07, 6.45) is 3.82. The van der Waals surface area contributed by atoms with E-state index in [0.29, 0.717) is 45.4 Å². The number of carbonyl (C=O) groups excluding carboxylic acids is 1.